The lowest BCUT2D eigenvalue weighted by atomic mass is 10.2. The molecule has 0 saturated heterocycles. The molecule has 1 rings (SSSR count). The van der Waals surface area contributed by atoms with Gasteiger partial charge in [-0.15, -0.1) is 0 Å². The van der Waals surface area contributed by atoms with Crippen LogP contribution in [0.4, 0.5) is 5.69 Å². The smallest absolute Gasteiger partial charge is 0.269 e. The largest absolute Gasteiger partial charge is 0.301 e. The zero-order valence-corrected chi connectivity index (χ0v) is 9.87. The highest BCUT2D eigenvalue weighted by Gasteiger charge is 2.12. The van der Waals surface area contributed by atoms with E-state index < -0.39 is 10.2 Å². The Kier molecular flexibility index (Phi) is 3.65. The van der Waals surface area contributed by atoms with E-state index in [1.165, 1.54) is 20.3 Å². The molecule has 0 saturated carbocycles. The fourth-order valence-corrected chi connectivity index (χ4v) is 1.57. The van der Waals surface area contributed by atoms with Crippen molar-refractivity contribution in [2.75, 3.05) is 18.8 Å². The molecule has 0 aliphatic rings. The number of hydrogen-bond acceptors (Lipinski definition) is 3. The Morgan fingerprint density at radius 2 is 2.07 bits per heavy atom. The molecule has 84 valence electrons. The highest BCUT2D eigenvalue weighted by molar-refractivity contribution is 7.90. The number of nitrogens with zero attached hydrogens (tertiary/aromatic N) is 2. The topological polar surface area (TPSA) is 62.3 Å². The molecule has 5 nitrogen and oxygen atoms in total. The first-order valence-electron chi connectivity index (χ1n) is 4.60. The van der Waals surface area contributed by atoms with Gasteiger partial charge in [-0.25, -0.2) is 0 Å². The average Bonchev–Trinajstić information content (AvgIpc) is 2.17. The van der Waals surface area contributed by atoms with Gasteiger partial charge in [-0.1, -0.05) is 6.92 Å². The van der Waals surface area contributed by atoms with Crippen molar-refractivity contribution in [2.45, 2.75) is 13.3 Å². The van der Waals surface area contributed by atoms with E-state index in [2.05, 4.69) is 9.71 Å². The molecule has 1 aromatic rings. The average molecular weight is 229 g/mol. The van der Waals surface area contributed by atoms with Crippen LogP contribution in [0.15, 0.2) is 18.5 Å². The van der Waals surface area contributed by atoms with E-state index in [1.54, 1.807) is 12.3 Å². The number of aryl methyl sites for hydroxylation is 1. The lowest BCUT2D eigenvalue weighted by Crippen LogP contribution is -2.29. The number of rotatable bonds is 4. The van der Waals surface area contributed by atoms with Crippen LogP contribution in [0.1, 0.15) is 12.5 Å². The van der Waals surface area contributed by atoms with Crippen LogP contribution in [0.25, 0.3) is 0 Å². The van der Waals surface area contributed by atoms with Crippen LogP contribution in [0, 0.1) is 0 Å². The SMILES string of the molecule is CCc1cncc(NS(=O)(=O)N(C)C)c1. The molecule has 0 unspecified atom stereocenters. The third kappa shape index (κ3) is 3.17. The van der Waals surface area contributed by atoms with Gasteiger partial charge in [0.1, 0.15) is 0 Å². The predicted molar refractivity (Wildman–Crippen MR) is 59.8 cm³/mol. The van der Waals surface area contributed by atoms with Gasteiger partial charge < -0.3 is 0 Å². The Balaban J connectivity index is 2.90. The molecule has 0 atom stereocenters. The number of aromatic nitrogens is 1. The van der Waals surface area contributed by atoms with Crippen molar-refractivity contribution in [2.24, 2.45) is 0 Å². The van der Waals surface area contributed by atoms with Crippen molar-refractivity contribution < 1.29 is 8.42 Å². The first kappa shape index (κ1) is 11.9. The number of hydrogen-bond donors (Lipinski definition) is 1. The maximum atomic E-state index is 11.5. The maximum absolute atomic E-state index is 11.5. The quantitative estimate of drug-likeness (QED) is 0.833. The van der Waals surface area contributed by atoms with Crippen LogP contribution < -0.4 is 4.72 Å². The van der Waals surface area contributed by atoms with Crippen molar-refractivity contribution in [3.8, 4) is 0 Å². The Hall–Kier alpha value is -1.14. The Morgan fingerprint density at radius 3 is 2.60 bits per heavy atom. The molecule has 0 fully saturated rings. The molecule has 0 aliphatic heterocycles. The minimum absolute atomic E-state index is 0.489. The number of anilines is 1. The summed E-state index contributed by atoms with van der Waals surface area (Å²) in [7, 11) is -0.490. The summed E-state index contributed by atoms with van der Waals surface area (Å²) in [6.45, 7) is 1.99. The highest BCUT2D eigenvalue weighted by Crippen LogP contribution is 2.11. The molecule has 0 aliphatic carbocycles. The summed E-state index contributed by atoms with van der Waals surface area (Å²) in [6, 6.07) is 1.77. The molecular formula is C9H15N3O2S. The monoisotopic (exact) mass is 229 g/mol. The summed E-state index contributed by atoms with van der Waals surface area (Å²) in [6.07, 6.45) is 4.03. The minimum atomic E-state index is -3.43. The molecule has 0 bridgehead atoms. The van der Waals surface area contributed by atoms with Crippen molar-refractivity contribution in [3.63, 3.8) is 0 Å². The summed E-state index contributed by atoms with van der Waals surface area (Å²) in [4.78, 5) is 3.95. The van der Waals surface area contributed by atoms with Crippen molar-refractivity contribution >= 4 is 15.9 Å². The fraction of sp³-hybridized carbons (Fsp3) is 0.444. The summed E-state index contributed by atoms with van der Waals surface area (Å²) in [5, 5.41) is 0. The van der Waals surface area contributed by atoms with Crippen molar-refractivity contribution in [3.05, 3.63) is 24.0 Å². The van der Waals surface area contributed by atoms with Crippen LogP contribution in [-0.2, 0) is 16.6 Å². The maximum Gasteiger partial charge on any atom is 0.301 e. The summed E-state index contributed by atoms with van der Waals surface area (Å²) >= 11 is 0. The number of nitrogens with one attached hydrogen (secondary N) is 1. The van der Waals surface area contributed by atoms with Crippen LogP contribution in [0.2, 0.25) is 0 Å². The third-order valence-electron chi connectivity index (χ3n) is 1.93. The minimum Gasteiger partial charge on any atom is -0.269 e. The van der Waals surface area contributed by atoms with E-state index in [9.17, 15) is 8.42 Å². The standard InChI is InChI=1S/C9H15N3O2S/c1-4-8-5-9(7-10-6-8)11-15(13,14)12(2)3/h5-7,11H,4H2,1-3H3. The summed E-state index contributed by atoms with van der Waals surface area (Å²) in [5.41, 5.74) is 1.48. The molecule has 0 spiro atoms. The number of pyridine rings is 1. The predicted octanol–water partition coefficient (Wildman–Crippen LogP) is 0.862. The van der Waals surface area contributed by atoms with Gasteiger partial charge >= 0.3 is 10.2 Å². The fourth-order valence-electron chi connectivity index (χ4n) is 0.977. The van der Waals surface area contributed by atoms with Crippen LogP contribution in [0.3, 0.4) is 0 Å². The van der Waals surface area contributed by atoms with Gasteiger partial charge in [-0.3, -0.25) is 9.71 Å². The van der Waals surface area contributed by atoms with E-state index in [0.717, 1.165) is 16.3 Å². The Bertz CT molecular complexity index is 429. The Labute approximate surface area is 90.3 Å². The molecule has 6 heteroatoms. The second-order valence-corrected chi connectivity index (χ2v) is 5.21. The summed E-state index contributed by atoms with van der Waals surface area (Å²) < 4.78 is 26.5. The van der Waals surface area contributed by atoms with Gasteiger partial charge in [-0.2, -0.15) is 12.7 Å². The van der Waals surface area contributed by atoms with Gasteiger partial charge in [-0.05, 0) is 18.1 Å². The van der Waals surface area contributed by atoms with Crippen LogP contribution >= 0.6 is 0 Å². The first-order chi connectivity index (χ1) is 6.95. The van der Waals surface area contributed by atoms with Crippen LogP contribution in [-0.4, -0.2) is 31.8 Å². The van der Waals surface area contributed by atoms with Crippen molar-refractivity contribution in [1.82, 2.24) is 9.29 Å². The third-order valence-corrected chi connectivity index (χ3v) is 3.39. The van der Waals surface area contributed by atoms with Gasteiger partial charge in [0, 0.05) is 20.3 Å². The van der Waals surface area contributed by atoms with E-state index in [1.807, 2.05) is 6.92 Å². The summed E-state index contributed by atoms with van der Waals surface area (Å²) in [5.74, 6) is 0. The lowest BCUT2D eigenvalue weighted by Gasteiger charge is -2.13. The highest BCUT2D eigenvalue weighted by atomic mass is 32.2. The van der Waals surface area contributed by atoms with Gasteiger partial charge in [0.25, 0.3) is 0 Å². The van der Waals surface area contributed by atoms with E-state index in [0.29, 0.717) is 5.69 Å². The molecule has 1 aromatic heterocycles. The Morgan fingerprint density at radius 1 is 1.40 bits per heavy atom. The molecule has 15 heavy (non-hydrogen) atoms. The van der Waals surface area contributed by atoms with Gasteiger partial charge in [0.2, 0.25) is 0 Å². The second-order valence-electron chi connectivity index (χ2n) is 3.32. The van der Waals surface area contributed by atoms with Gasteiger partial charge in [0.05, 0.1) is 11.9 Å². The molecular weight excluding hydrogens is 214 g/mol. The van der Waals surface area contributed by atoms with E-state index in [4.69, 9.17) is 0 Å². The lowest BCUT2D eigenvalue weighted by molar-refractivity contribution is 0.527. The normalized spacial score (nSPS) is 11.7. The van der Waals surface area contributed by atoms with Gasteiger partial charge in [0.15, 0.2) is 0 Å². The second kappa shape index (κ2) is 4.59. The first-order valence-corrected chi connectivity index (χ1v) is 6.04. The van der Waals surface area contributed by atoms with Crippen LogP contribution in [0.5, 0.6) is 0 Å². The van der Waals surface area contributed by atoms with Crippen molar-refractivity contribution in [1.29, 1.82) is 0 Å². The van der Waals surface area contributed by atoms with E-state index in [-0.39, 0.29) is 0 Å². The molecule has 1 N–H and O–H groups in total. The molecule has 0 aromatic carbocycles. The molecule has 1 heterocycles. The molecule has 0 radical (unpaired) electrons. The zero-order valence-electron chi connectivity index (χ0n) is 9.06. The zero-order chi connectivity index (χ0) is 11.5. The molecule has 0 amide bonds. The van der Waals surface area contributed by atoms with E-state index >= 15 is 0 Å².